The highest BCUT2D eigenvalue weighted by Gasteiger charge is 2.39. The number of benzene rings is 1. The number of carbonyl (C=O) groups excluding carboxylic acids is 2. The Labute approximate surface area is 139 Å². The van der Waals surface area contributed by atoms with Crippen LogP contribution in [-0.2, 0) is 11.3 Å². The molecule has 1 saturated heterocycles. The van der Waals surface area contributed by atoms with Crippen LogP contribution in [0.2, 0.25) is 0 Å². The maximum atomic E-state index is 13.2. The molecule has 0 aliphatic carbocycles. The Morgan fingerprint density at radius 3 is 2.71 bits per heavy atom. The van der Waals surface area contributed by atoms with Crippen LogP contribution < -0.4 is 5.32 Å². The SMILES string of the molecule is CCn1cc(C(=O)N[C@@H]2CC(=O)N(C)[C@H]2c2ccc(F)cc2)cn1. The molecule has 126 valence electrons. The first kappa shape index (κ1) is 16.2. The standard InChI is InChI=1S/C17H19FN4O2/c1-3-22-10-12(9-19-22)17(24)20-14-8-15(23)21(2)16(14)11-4-6-13(18)7-5-11/h4-7,9-10,14,16H,3,8H2,1-2H3,(H,20,24)/t14-,16+/m1/s1. The monoisotopic (exact) mass is 330 g/mol. The molecule has 6 nitrogen and oxygen atoms in total. The van der Waals surface area contributed by atoms with Gasteiger partial charge in [-0.15, -0.1) is 0 Å². The van der Waals surface area contributed by atoms with Crippen molar-refractivity contribution in [3.63, 3.8) is 0 Å². The Morgan fingerprint density at radius 2 is 2.08 bits per heavy atom. The third kappa shape index (κ3) is 3.02. The van der Waals surface area contributed by atoms with E-state index in [0.29, 0.717) is 12.1 Å². The van der Waals surface area contributed by atoms with Crippen molar-refractivity contribution in [2.45, 2.75) is 32.0 Å². The zero-order valence-electron chi connectivity index (χ0n) is 13.6. The van der Waals surface area contributed by atoms with E-state index >= 15 is 0 Å². The molecule has 1 aromatic carbocycles. The molecule has 0 radical (unpaired) electrons. The van der Waals surface area contributed by atoms with E-state index < -0.39 is 0 Å². The van der Waals surface area contributed by atoms with E-state index in [-0.39, 0.29) is 36.1 Å². The van der Waals surface area contributed by atoms with E-state index in [0.717, 1.165) is 5.56 Å². The number of halogens is 1. The number of rotatable bonds is 4. The summed E-state index contributed by atoms with van der Waals surface area (Å²) in [6, 6.07) is 5.31. The second-order valence-corrected chi connectivity index (χ2v) is 5.87. The Hall–Kier alpha value is -2.70. The fraction of sp³-hybridized carbons (Fsp3) is 0.353. The number of hydrogen-bond acceptors (Lipinski definition) is 3. The molecule has 2 atom stereocenters. The van der Waals surface area contributed by atoms with Gasteiger partial charge in [0.1, 0.15) is 5.82 Å². The lowest BCUT2D eigenvalue weighted by Gasteiger charge is -2.25. The lowest BCUT2D eigenvalue weighted by atomic mass is 10.00. The molecule has 2 heterocycles. The van der Waals surface area contributed by atoms with Gasteiger partial charge in [0.25, 0.3) is 5.91 Å². The molecule has 1 N–H and O–H groups in total. The summed E-state index contributed by atoms with van der Waals surface area (Å²) in [4.78, 5) is 26.1. The zero-order chi connectivity index (χ0) is 17.3. The molecular weight excluding hydrogens is 311 g/mol. The molecule has 1 fully saturated rings. The minimum absolute atomic E-state index is 0.0566. The summed E-state index contributed by atoms with van der Waals surface area (Å²) < 4.78 is 14.8. The predicted octanol–water partition coefficient (Wildman–Crippen LogP) is 1.74. The summed E-state index contributed by atoms with van der Waals surface area (Å²) in [5.41, 5.74) is 1.25. The van der Waals surface area contributed by atoms with Crippen molar-refractivity contribution in [2.75, 3.05) is 7.05 Å². The largest absolute Gasteiger partial charge is 0.346 e. The maximum Gasteiger partial charge on any atom is 0.254 e. The van der Waals surface area contributed by atoms with Crippen LogP contribution in [0.15, 0.2) is 36.7 Å². The maximum absolute atomic E-state index is 13.2. The molecule has 1 aromatic heterocycles. The number of amides is 2. The Morgan fingerprint density at radius 1 is 1.38 bits per heavy atom. The molecule has 3 rings (SSSR count). The Kier molecular flexibility index (Phi) is 4.33. The van der Waals surface area contributed by atoms with Gasteiger partial charge in [-0.1, -0.05) is 12.1 Å². The van der Waals surface area contributed by atoms with Gasteiger partial charge < -0.3 is 10.2 Å². The van der Waals surface area contributed by atoms with Crippen molar-refractivity contribution in [3.8, 4) is 0 Å². The summed E-state index contributed by atoms with van der Waals surface area (Å²) in [5.74, 6) is -0.660. The summed E-state index contributed by atoms with van der Waals surface area (Å²) in [6.45, 7) is 2.61. The van der Waals surface area contributed by atoms with Crippen LogP contribution >= 0.6 is 0 Å². The number of likely N-dealkylation sites (N-methyl/N-ethyl adjacent to an activating group) is 1. The van der Waals surface area contributed by atoms with Crippen LogP contribution in [0.5, 0.6) is 0 Å². The van der Waals surface area contributed by atoms with Crippen molar-refractivity contribution in [1.82, 2.24) is 20.0 Å². The van der Waals surface area contributed by atoms with E-state index in [9.17, 15) is 14.0 Å². The fourth-order valence-corrected chi connectivity index (χ4v) is 3.02. The topological polar surface area (TPSA) is 67.2 Å². The van der Waals surface area contributed by atoms with Crippen molar-refractivity contribution < 1.29 is 14.0 Å². The normalized spacial score (nSPS) is 20.5. The average molecular weight is 330 g/mol. The summed E-state index contributed by atoms with van der Waals surface area (Å²) in [6.07, 6.45) is 3.39. The summed E-state index contributed by atoms with van der Waals surface area (Å²) >= 11 is 0. The first-order valence-electron chi connectivity index (χ1n) is 7.84. The molecule has 0 spiro atoms. The van der Waals surface area contributed by atoms with Gasteiger partial charge in [0.05, 0.1) is 23.8 Å². The molecule has 0 unspecified atom stereocenters. The lowest BCUT2D eigenvalue weighted by molar-refractivity contribution is -0.127. The predicted molar refractivity (Wildman–Crippen MR) is 85.7 cm³/mol. The Bertz CT molecular complexity index is 756. The second kappa shape index (κ2) is 6.43. The molecule has 2 aromatic rings. The molecule has 1 aliphatic heterocycles. The number of likely N-dealkylation sites (tertiary alicyclic amines) is 1. The lowest BCUT2D eigenvalue weighted by Crippen LogP contribution is -2.38. The summed E-state index contributed by atoms with van der Waals surface area (Å²) in [5, 5.41) is 6.99. The third-order valence-corrected chi connectivity index (χ3v) is 4.33. The van der Waals surface area contributed by atoms with Crippen LogP contribution in [0.4, 0.5) is 4.39 Å². The highest BCUT2D eigenvalue weighted by atomic mass is 19.1. The number of carbonyl (C=O) groups is 2. The van der Waals surface area contributed by atoms with Crippen molar-refractivity contribution >= 4 is 11.8 Å². The van der Waals surface area contributed by atoms with Crippen LogP contribution in [0.1, 0.15) is 35.3 Å². The van der Waals surface area contributed by atoms with Gasteiger partial charge in [0, 0.05) is 26.2 Å². The Balaban J connectivity index is 1.81. The molecular formula is C17H19FN4O2. The molecule has 2 amide bonds. The number of nitrogens with one attached hydrogen (secondary N) is 1. The van der Waals surface area contributed by atoms with Gasteiger partial charge >= 0.3 is 0 Å². The van der Waals surface area contributed by atoms with Crippen LogP contribution in [0.3, 0.4) is 0 Å². The van der Waals surface area contributed by atoms with Crippen LogP contribution in [-0.4, -0.2) is 39.6 Å². The quantitative estimate of drug-likeness (QED) is 0.928. The molecule has 24 heavy (non-hydrogen) atoms. The molecule has 0 bridgehead atoms. The first-order valence-corrected chi connectivity index (χ1v) is 7.84. The molecule has 0 saturated carbocycles. The highest BCUT2D eigenvalue weighted by Crippen LogP contribution is 2.32. The van der Waals surface area contributed by atoms with Gasteiger partial charge in [-0.25, -0.2) is 4.39 Å². The molecule has 7 heteroatoms. The van der Waals surface area contributed by atoms with E-state index in [1.165, 1.54) is 18.3 Å². The number of nitrogens with zero attached hydrogens (tertiary/aromatic N) is 3. The van der Waals surface area contributed by atoms with Crippen molar-refractivity contribution in [1.29, 1.82) is 0 Å². The first-order chi connectivity index (χ1) is 11.5. The zero-order valence-corrected chi connectivity index (χ0v) is 13.6. The van der Waals surface area contributed by atoms with Gasteiger partial charge in [-0.3, -0.25) is 14.3 Å². The smallest absolute Gasteiger partial charge is 0.254 e. The minimum Gasteiger partial charge on any atom is -0.346 e. The van der Waals surface area contributed by atoms with E-state index in [4.69, 9.17) is 0 Å². The average Bonchev–Trinajstić information content (AvgIpc) is 3.15. The van der Waals surface area contributed by atoms with Gasteiger partial charge in [-0.05, 0) is 24.6 Å². The number of hydrogen-bond donors (Lipinski definition) is 1. The number of aryl methyl sites for hydroxylation is 1. The summed E-state index contributed by atoms with van der Waals surface area (Å²) in [7, 11) is 1.69. The van der Waals surface area contributed by atoms with E-state index in [1.807, 2.05) is 6.92 Å². The fourth-order valence-electron chi connectivity index (χ4n) is 3.02. The van der Waals surface area contributed by atoms with Crippen molar-refractivity contribution in [3.05, 3.63) is 53.6 Å². The van der Waals surface area contributed by atoms with Crippen molar-refractivity contribution in [2.24, 2.45) is 0 Å². The van der Waals surface area contributed by atoms with Crippen LogP contribution in [0.25, 0.3) is 0 Å². The molecule has 1 aliphatic rings. The van der Waals surface area contributed by atoms with E-state index in [2.05, 4.69) is 10.4 Å². The van der Waals surface area contributed by atoms with E-state index in [1.54, 1.807) is 35.0 Å². The van der Waals surface area contributed by atoms with Gasteiger partial charge in [-0.2, -0.15) is 5.10 Å². The third-order valence-electron chi connectivity index (χ3n) is 4.33. The minimum atomic E-state index is -0.370. The number of aromatic nitrogens is 2. The van der Waals surface area contributed by atoms with Gasteiger partial charge in [0.15, 0.2) is 0 Å². The highest BCUT2D eigenvalue weighted by molar-refractivity contribution is 5.94. The van der Waals surface area contributed by atoms with Gasteiger partial charge in [0.2, 0.25) is 5.91 Å². The van der Waals surface area contributed by atoms with Crippen LogP contribution in [0, 0.1) is 5.82 Å². The second-order valence-electron chi connectivity index (χ2n) is 5.87.